The van der Waals surface area contributed by atoms with Crippen LogP contribution in [0.3, 0.4) is 0 Å². The van der Waals surface area contributed by atoms with Crippen molar-refractivity contribution in [2.75, 3.05) is 18.4 Å². The van der Waals surface area contributed by atoms with Crippen molar-refractivity contribution >= 4 is 23.3 Å². The van der Waals surface area contributed by atoms with Crippen molar-refractivity contribution in [2.45, 2.75) is 25.1 Å². The molecule has 0 unspecified atom stereocenters. The Bertz CT molecular complexity index is 816. The van der Waals surface area contributed by atoms with Crippen LogP contribution in [0.15, 0.2) is 42.7 Å². The van der Waals surface area contributed by atoms with E-state index in [1.54, 1.807) is 12.3 Å². The predicted octanol–water partition coefficient (Wildman–Crippen LogP) is 4.83. The Hall–Kier alpha value is -2.48. The van der Waals surface area contributed by atoms with E-state index in [9.17, 15) is 18.0 Å². The number of urea groups is 1. The van der Waals surface area contributed by atoms with E-state index in [1.165, 1.54) is 23.2 Å². The van der Waals surface area contributed by atoms with Gasteiger partial charge in [-0.25, -0.2) is 4.79 Å². The minimum absolute atomic E-state index is 0.0926. The number of alkyl halides is 3. The quantitative estimate of drug-likeness (QED) is 0.804. The lowest BCUT2D eigenvalue weighted by Crippen LogP contribution is -2.46. The van der Waals surface area contributed by atoms with Crippen LogP contribution in [0.25, 0.3) is 0 Å². The van der Waals surface area contributed by atoms with Crippen LogP contribution in [0.5, 0.6) is 5.75 Å². The Balaban J connectivity index is 1.63. The number of halogens is 4. The van der Waals surface area contributed by atoms with Crippen molar-refractivity contribution in [3.63, 3.8) is 0 Å². The lowest BCUT2D eigenvalue weighted by atomic mass is 10.1. The average molecular weight is 400 g/mol. The van der Waals surface area contributed by atoms with Gasteiger partial charge in [0.1, 0.15) is 16.9 Å². The van der Waals surface area contributed by atoms with Crippen LogP contribution in [-0.2, 0) is 6.18 Å². The molecule has 2 aromatic rings. The average Bonchev–Trinajstić information content (AvgIpc) is 2.63. The number of anilines is 1. The first-order valence-corrected chi connectivity index (χ1v) is 8.70. The second kappa shape index (κ2) is 8.04. The van der Waals surface area contributed by atoms with Gasteiger partial charge in [0, 0.05) is 30.7 Å². The Morgan fingerprint density at radius 2 is 2.15 bits per heavy atom. The molecular formula is C18H17ClF3N3O2. The van der Waals surface area contributed by atoms with E-state index in [0.717, 1.165) is 18.6 Å². The van der Waals surface area contributed by atoms with E-state index in [0.29, 0.717) is 30.3 Å². The number of hydrogen-bond donors (Lipinski definition) is 1. The Kier molecular flexibility index (Phi) is 5.74. The molecule has 0 aliphatic carbocycles. The van der Waals surface area contributed by atoms with Crippen LogP contribution in [0, 0.1) is 0 Å². The van der Waals surface area contributed by atoms with Gasteiger partial charge in [0.2, 0.25) is 0 Å². The molecule has 0 spiro atoms. The zero-order valence-corrected chi connectivity index (χ0v) is 14.9. The fourth-order valence-corrected chi connectivity index (χ4v) is 3.00. The largest absolute Gasteiger partial charge is 0.487 e. The van der Waals surface area contributed by atoms with Gasteiger partial charge in [-0.05, 0) is 31.0 Å². The van der Waals surface area contributed by atoms with Gasteiger partial charge in [-0.15, -0.1) is 0 Å². The number of likely N-dealkylation sites (tertiary alicyclic amines) is 1. The van der Waals surface area contributed by atoms with Crippen LogP contribution in [0.2, 0.25) is 5.02 Å². The molecule has 27 heavy (non-hydrogen) atoms. The van der Waals surface area contributed by atoms with E-state index in [-0.39, 0.29) is 11.8 Å². The summed E-state index contributed by atoms with van der Waals surface area (Å²) in [6, 6.07) is 5.71. The molecule has 5 nitrogen and oxygen atoms in total. The third-order valence-corrected chi connectivity index (χ3v) is 4.42. The molecule has 2 heterocycles. The number of aromatic nitrogens is 1. The second-order valence-electron chi connectivity index (χ2n) is 6.14. The summed E-state index contributed by atoms with van der Waals surface area (Å²) in [7, 11) is 0. The molecule has 1 aliphatic rings. The topological polar surface area (TPSA) is 54.5 Å². The summed E-state index contributed by atoms with van der Waals surface area (Å²) < 4.78 is 44.2. The summed E-state index contributed by atoms with van der Waals surface area (Å²) in [5.74, 6) is 0.483. The summed E-state index contributed by atoms with van der Waals surface area (Å²) in [6.07, 6.45) is -0.241. The Labute approximate surface area is 159 Å². The number of carbonyl (C=O) groups is 1. The van der Waals surface area contributed by atoms with Gasteiger partial charge >= 0.3 is 12.2 Å². The van der Waals surface area contributed by atoms with Crippen molar-refractivity contribution < 1.29 is 22.7 Å². The molecule has 2 amide bonds. The van der Waals surface area contributed by atoms with Gasteiger partial charge in [-0.2, -0.15) is 13.2 Å². The van der Waals surface area contributed by atoms with Crippen LogP contribution in [0.1, 0.15) is 18.4 Å². The highest BCUT2D eigenvalue weighted by Crippen LogP contribution is 2.31. The molecule has 1 saturated heterocycles. The molecule has 1 fully saturated rings. The second-order valence-corrected chi connectivity index (χ2v) is 6.55. The number of pyridine rings is 1. The van der Waals surface area contributed by atoms with Crippen molar-refractivity contribution in [1.29, 1.82) is 0 Å². The maximum atomic E-state index is 12.8. The zero-order valence-electron chi connectivity index (χ0n) is 14.2. The molecule has 144 valence electrons. The molecule has 3 rings (SSSR count). The van der Waals surface area contributed by atoms with E-state index in [4.69, 9.17) is 16.3 Å². The minimum atomic E-state index is -4.46. The Morgan fingerprint density at radius 1 is 1.33 bits per heavy atom. The lowest BCUT2D eigenvalue weighted by Gasteiger charge is -2.33. The molecule has 0 radical (unpaired) electrons. The zero-order chi connectivity index (χ0) is 19.4. The summed E-state index contributed by atoms with van der Waals surface area (Å²) in [5.41, 5.74) is -0.720. The highest BCUT2D eigenvalue weighted by Gasteiger charge is 2.31. The standard InChI is InChI=1S/C18H17ClF3N3O2/c19-15-10-23-7-6-16(15)27-14-5-2-8-25(11-14)17(26)24-13-4-1-3-12(9-13)18(20,21)22/h1,3-4,6-7,9-10,14H,2,5,8,11H2,(H,24,26)/t14-/m1/s1. The van der Waals surface area contributed by atoms with Crippen LogP contribution in [-0.4, -0.2) is 35.1 Å². The van der Waals surface area contributed by atoms with Crippen molar-refractivity contribution in [3.8, 4) is 5.75 Å². The first-order chi connectivity index (χ1) is 12.8. The van der Waals surface area contributed by atoms with E-state index < -0.39 is 17.8 Å². The SMILES string of the molecule is O=C(Nc1cccc(C(F)(F)F)c1)N1CCC[C@@H](Oc2ccncc2Cl)C1. The number of amides is 2. The van der Waals surface area contributed by atoms with Crippen LogP contribution < -0.4 is 10.1 Å². The lowest BCUT2D eigenvalue weighted by molar-refractivity contribution is -0.137. The van der Waals surface area contributed by atoms with Gasteiger partial charge in [0.05, 0.1) is 12.1 Å². The first kappa shape index (κ1) is 19.3. The highest BCUT2D eigenvalue weighted by atomic mass is 35.5. The molecule has 0 saturated carbocycles. The molecule has 1 atom stereocenters. The monoisotopic (exact) mass is 399 g/mol. The van der Waals surface area contributed by atoms with Gasteiger partial charge in [-0.1, -0.05) is 17.7 Å². The van der Waals surface area contributed by atoms with Crippen molar-refractivity contribution in [1.82, 2.24) is 9.88 Å². The molecule has 1 aromatic carbocycles. The number of nitrogens with one attached hydrogen (secondary N) is 1. The third kappa shape index (κ3) is 5.03. The van der Waals surface area contributed by atoms with E-state index in [2.05, 4.69) is 10.3 Å². The van der Waals surface area contributed by atoms with Crippen LogP contribution in [0.4, 0.5) is 23.7 Å². The number of rotatable bonds is 3. The van der Waals surface area contributed by atoms with Crippen molar-refractivity contribution in [3.05, 3.63) is 53.3 Å². The first-order valence-electron chi connectivity index (χ1n) is 8.32. The fraction of sp³-hybridized carbons (Fsp3) is 0.333. The third-order valence-electron chi connectivity index (χ3n) is 4.14. The summed E-state index contributed by atoms with van der Waals surface area (Å²) >= 11 is 6.03. The summed E-state index contributed by atoms with van der Waals surface area (Å²) in [6.45, 7) is 0.804. The number of benzene rings is 1. The predicted molar refractivity (Wildman–Crippen MR) is 94.9 cm³/mol. The number of piperidine rings is 1. The molecule has 1 aliphatic heterocycles. The molecule has 9 heteroatoms. The van der Waals surface area contributed by atoms with Crippen LogP contribution >= 0.6 is 11.6 Å². The van der Waals surface area contributed by atoms with E-state index >= 15 is 0 Å². The summed E-state index contributed by atoms with van der Waals surface area (Å²) in [5, 5.41) is 2.89. The van der Waals surface area contributed by atoms with Crippen molar-refractivity contribution in [2.24, 2.45) is 0 Å². The maximum absolute atomic E-state index is 12.8. The van der Waals surface area contributed by atoms with Gasteiger partial charge in [0.25, 0.3) is 0 Å². The number of carbonyl (C=O) groups excluding carboxylic acids is 1. The Morgan fingerprint density at radius 3 is 2.89 bits per heavy atom. The molecule has 0 bridgehead atoms. The fourth-order valence-electron chi connectivity index (χ4n) is 2.83. The number of nitrogens with zero attached hydrogens (tertiary/aromatic N) is 2. The minimum Gasteiger partial charge on any atom is -0.487 e. The van der Waals surface area contributed by atoms with Gasteiger partial charge in [-0.3, -0.25) is 4.98 Å². The van der Waals surface area contributed by atoms with Gasteiger partial charge < -0.3 is 15.0 Å². The molecular weight excluding hydrogens is 383 g/mol. The maximum Gasteiger partial charge on any atom is 0.416 e. The molecule has 1 aromatic heterocycles. The summed E-state index contributed by atoms with van der Waals surface area (Å²) in [4.78, 5) is 17.8. The normalized spacial score (nSPS) is 17.5. The number of hydrogen-bond acceptors (Lipinski definition) is 3. The number of ether oxygens (including phenoxy) is 1. The highest BCUT2D eigenvalue weighted by molar-refractivity contribution is 6.31. The van der Waals surface area contributed by atoms with E-state index in [1.807, 2.05) is 0 Å². The smallest absolute Gasteiger partial charge is 0.416 e. The van der Waals surface area contributed by atoms with Gasteiger partial charge in [0.15, 0.2) is 0 Å². The molecule has 1 N–H and O–H groups in total.